The summed E-state index contributed by atoms with van der Waals surface area (Å²) in [5, 5.41) is 16.6. The van der Waals surface area contributed by atoms with Gasteiger partial charge < -0.3 is 20.5 Å². The van der Waals surface area contributed by atoms with Gasteiger partial charge in [-0.05, 0) is 62.8 Å². The molecule has 0 bridgehead atoms. The Hall–Kier alpha value is -3.10. The lowest BCUT2D eigenvalue weighted by atomic mass is 9.85. The first-order valence-corrected chi connectivity index (χ1v) is 12.7. The fourth-order valence-electron chi connectivity index (χ4n) is 4.45. The molecule has 0 saturated heterocycles. The van der Waals surface area contributed by atoms with E-state index in [2.05, 4.69) is 15.6 Å². The van der Waals surface area contributed by atoms with Crippen LogP contribution >= 0.6 is 23.2 Å². The van der Waals surface area contributed by atoms with Gasteiger partial charge in [0.2, 0.25) is 5.91 Å². The van der Waals surface area contributed by atoms with E-state index < -0.39 is 5.97 Å². The maximum Gasteiger partial charge on any atom is 0.341 e. The number of nitrogens with one attached hydrogen (secondary N) is 2. The number of aromatic nitrogens is 2. The Morgan fingerprint density at radius 2 is 1.83 bits per heavy atom. The van der Waals surface area contributed by atoms with Crippen LogP contribution in [0.4, 0.5) is 5.69 Å². The first kappa shape index (κ1) is 26.0. The third-order valence-corrected chi connectivity index (χ3v) is 6.93. The highest BCUT2D eigenvalue weighted by Gasteiger charge is 2.25. The molecule has 3 aromatic rings. The van der Waals surface area contributed by atoms with Crippen LogP contribution in [0, 0.1) is 5.92 Å². The third-order valence-electron chi connectivity index (χ3n) is 6.36. The molecule has 10 heteroatoms. The zero-order chi connectivity index (χ0) is 25.8. The zero-order valence-corrected chi connectivity index (χ0v) is 21.6. The molecule has 0 spiro atoms. The van der Waals surface area contributed by atoms with Gasteiger partial charge in [-0.25, -0.2) is 9.78 Å². The fraction of sp³-hybridized carbons (Fsp3) is 0.385. The molecule has 1 aromatic carbocycles. The number of pyridine rings is 2. The standard InChI is InChI=1S/C26H28Cl2N4O4/c1-3-36-26(35)18-13-30-22-9-8-21(16-10-19(27)25(34)20(28)11-16)32-24(22)23(18)31-17-6-4-15(5-7-17)12-29-14(2)33/h8-11,13,15,17,34H,3-7,12H2,1-2H3,(H,29,33)(H,30,31). The van der Waals surface area contributed by atoms with Gasteiger partial charge in [0.05, 0.1) is 33.6 Å². The van der Waals surface area contributed by atoms with Crippen molar-refractivity contribution in [1.29, 1.82) is 0 Å². The maximum atomic E-state index is 12.8. The minimum Gasteiger partial charge on any atom is -0.505 e. The normalized spacial score (nSPS) is 17.6. The van der Waals surface area contributed by atoms with Crippen LogP contribution in [0.25, 0.3) is 22.3 Å². The van der Waals surface area contributed by atoms with Gasteiger partial charge in [0.15, 0.2) is 5.75 Å². The van der Waals surface area contributed by atoms with Gasteiger partial charge in [-0.2, -0.15) is 0 Å². The van der Waals surface area contributed by atoms with Gasteiger partial charge in [-0.1, -0.05) is 23.2 Å². The van der Waals surface area contributed by atoms with Crippen molar-refractivity contribution in [3.63, 3.8) is 0 Å². The van der Waals surface area contributed by atoms with Gasteiger partial charge in [0.1, 0.15) is 11.1 Å². The van der Waals surface area contributed by atoms with E-state index in [0.29, 0.717) is 46.0 Å². The summed E-state index contributed by atoms with van der Waals surface area (Å²) in [5.41, 5.74) is 3.22. The molecule has 8 nitrogen and oxygen atoms in total. The van der Waals surface area contributed by atoms with Crippen LogP contribution in [0.3, 0.4) is 0 Å². The highest BCUT2D eigenvalue weighted by Crippen LogP contribution is 2.37. The van der Waals surface area contributed by atoms with Crippen LogP contribution in [0.1, 0.15) is 49.9 Å². The number of nitrogens with zero attached hydrogens (tertiary/aromatic N) is 2. The molecule has 1 fully saturated rings. The van der Waals surface area contributed by atoms with Crippen molar-refractivity contribution in [2.75, 3.05) is 18.5 Å². The van der Waals surface area contributed by atoms with Gasteiger partial charge in [0.25, 0.3) is 0 Å². The van der Waals surface area contributed by atoms with Gasteiger partial charge >= 0.3 is 5.97 Å². The molecule has 1 aliphatic rings. The Morgan fingerprint density at radius 1 is 1.14 bits per heavy atom. The Bertz CT molecular complexity index is 1270. The molecule has 0 radical (unpaired) electrons. The number of anilines is 1. The van der Waals surface area contributed by atoms with E-state index in [1.807, 2.05) is 6.07 Å². The van der Waals surface area contributed by atoms with Crippen LogP contribution in [-0.2, 0) is 9.53 Å². The second-order valence-electron chi connectivity index (χ2n) is 8.92. The summed E-state index contributed by atoms with van der Waals surface area (Å²) in [6, 6.07) is 6.90. The smallest absolute Gasteiger partial charge is 0.341 e. The molecule has 190 valence electrons. The van der Waals surface area contributed by atoms with Crippen molar-refractivity contribution in [3.05, 3.63) is 46.1 Å². The number of halogens is 2. The summed E-state index contributed by atoms with van der Waals surface area (Å²) >= 11 is 12.3. The number of phenols is 1. The van der Waals surface area contributed by atoms with Gasteiger partial charge in [0, 0.05) is 31.3 Å². The summed E-state index contributed by atoms with van der Waals surface area (Å²) in [5.74, 6) is -0.252. The summed E-state index contributed by atoms with van der Waals surface area (Å²) in [6.45, 7) is 4.20. The van der Waals surface area contributed by atoms with E-state index in [4.69, 9.17) is 32.9 Å². The SMILES string of the molecule is CCOC(=O)c1cnc2ccc(-c3cc(Cl)c(O)c(Cl)c3)nc2c1NC1CCC(CNC(C)=O)CC1. The Labute approximate surface area is 219 Å². The lowest BCUT2D eigenvalue weighted by Gasteiger charge is -2.30. The molecule has 1 saturated carbocycles. The number of amides is 1. The Balaban J connectivity index is 1.69. The monoisotopic (exact) mass is 530 g/mol. The molecule has 2 aromatic heterocycles. The van der Waals surface area contributed by atoms with Crippen LogP contribution in [0.15, 0.2) is 30.5 Å². The molecule has 3 N–H and O–H groups in total. The maximum absolute atomic E-state index is 12.8. The van der Waals surface area contributed by atoms with Crippen molar-refractivity contribution in [2.24, 2.45) is 5.92 Å². The zero-order valence-electron chi connectivity index (χ0n) is 20.1. The number of fused-ring (bicyclic) bond motifs is 1. The molecule has 36 heavy (non-hydrogen) atoms. The van der Waals surface area contributed by atoms with Crippen LogP contribution in [-0.4, -0.2) is 46.1 Å². The van der Waals surface area contributed by atoms with E-state index in [9.17, 15) is 14.7 Å². The van der Waals surface area contributed by atoms with E-state index in [1.165, 1.54) is 13.1 Å². The van der Waals surface area contributed by atoms with E-state index in [1.54, 1.807) is 25.1 Å². The minimum absolute atomic E-state index is 0.0179. The molecule has 1 aliphatic carbocycles. The average molecular weight is 531 g/mol. The molecule has 0 atom stereocenters. The number of hydrogen-bond donors (Lipinski definition) is 3. The first-order valence-electron chi connectivity index (χ1n) is 11.9. The van der Waals surface area contributed by atoms with E-state index >= 15 is 0 Å². The minimum atomic E-state index is -0.475. The number of rotatable bonds is 7. The average Bonchev–Trinajstić information content (AvgIpc) is 2.86. The van der Waals surface area contributed by atoms with Crippen molar-refractivity contribution in [3.8, 4) is 17.0 Å². The highest BCUT2D eigenvalue weighted by molar-refractivity contribution is 6.37. The second-order valence-corrected chi connectivity index (χ2v) is 9.73. The third kappa shape index (κ3) is 5.82. The lowest BCUT2D eigenvalue weighted by Crippen LogP contribution is -2.33. The molecule has 1 amide bonds. The van der Waals surface area contributed by atoms with Crippen molar-refractivity contribution in [1.82, 2.24) is 15.3 Å². The van der Waals surface area contributed by atoms with Crippen LogP contribution < -0.4 is 10.6 Å². The van der Waals surface area contributed by atoms with Crippen LogP contribution in [0.5, 0.6) is 5.75 Å². The molecule has 0 unspecified atom stereocenters. The molecular weight excluding hydrogens is 503 g/mol. The summed E-state index contributed by atoms with van der Waals surface area (Å²) in [6.07, 6.45) is 5.21. The molecule has 4 rings (SSSR count). The number of ether oxygens (including phenoxy) is 1. The van der Waals surface area contributed by atoms with Crippen LogP contribution in [0.2, 0.25) is 10.0 Å². The quantitative estimate of drug-likeness (QED) is 0.341. The van der Waals surface area contributed by atoms with Crippen molar-refractivity contribution in [2.45, 2.75) is 45.6 Å². The fourth-order valence-corrected chi connectivity index (χ4v) is 4.94. The summed E-state index contributed by atoms with van der Waals surface area (Å²) in [4.78, 5) is 33.3. The summed E-state index contributed by atoms with van der Waals surface area (Å²) in [7, 11) is 0. The molecule has 2 heterocycles. The summed E-state index contributed by atoms with van der Waals surface area (Å²) < 4.78 is 5.29. The largest absolute Gasteiger partial charge is 0.505 e. The number of phenolic OH excluding ortho intramolecular Hbond substituents is 1. The predicted molar refractivity (Wildman–Crippen MR) is 141 cm³/mol. The number of esters is 1. The number of hydrogen-bond acceptors (Lipinski definition) is 7. The van der Waals surface area contributed by atoms with E-state index in [-0.39, 0.29) is 34.4 Å². The van der Waals surface area contributed by atoms with E-state index in [0.717, 1.165) is 25.7 Å². The number of carbonyl (C=O) groups excluding carboxylic acids is 2. The molecule has 0 aliphatic heterocycles. The Kier molecular flexibility index (Phi) is 8.16. The van der Waals surface area contributed by atoms with Gasteiger partial charge in [-0.15, -0.1) is 0 Å². The Morgan fingerprint density at radius 3 is 2.47 bits per heavy atom. The predicted octanol–water partition coefficient (Wildman–Crippen LogP) is 5.59. The van der Waals surface area contributed by atoms with Gasteiger partial charge in [-0.3, -0.25) is 9.78 Å². The van der Waals surface area contributed by atoms with Crippen molar-refractivity contribution < 1.29 is 19.4 Å². The highest BCUT2D eigenvalue weighted by atomic mass is 35.5. The topological polar surface area (TPSA) is 113 Å². The number of benzene rings is 1. The first-order chi connectivity index (χ1) is 17.3. The lowest BCUT2D eigenvalue weighted by molar-refractivity contribution is -0.119. The number of aromatic hydroxyl groups is 1. The second kappa shape index (κ2) is 11.3. The van der Waals surface area contributed by atoms with Crippen molar-refractivity contribution >= 4 is 51.8 Å². The molecular formula is C26H28Cl2N4O4. The number of carbonyl (C=O) groups is 2.